The molecule has 0 saturated carbocycles. The minimum absolute atomic E-state index is 0.0297. The molecule has 0 radical (unpaired) electrons. The third-order valence-corrected chi connectivity index (χ3v) is 3.13. The van der Waals surface area contributed by atoms with Crippen LogP contribution in [0, 0.1) is 22.7 Å². The molecule has 0 saturated heterocycles. The topological polar surface area (TPSA) is 101 Å². The van der Waals surface area contributed by atoms with Gasteiger partial charge in [-0.15, -0.1) is 0 Å². The number of rotatable bonds is 2. The van der Waals surface area contributed by atoms with Gasteiger partial charge in [0, 0.05) is 17.5 Å². The zero-order valence-electron chi connectivity index (χ0n) is 11.2. The molecule has 1 aliphatic heterocycles. The van der Waals surface area contributed by atoms with Gasteiger partial charge >= 0.3 is 0 Å². The zero-order valence-corrected chi connectivity index (χ0v) is 11.2. The van der Waals surface area contributed by atoms with Crippen LogP contribution in [-0.4, -0.2) is 11.6 Å². The lowest BCUT2D eigenvalue weighted by molar-refractivity contribution is -0.117. The molecule has 1 aliphatic rings. The van der Waals surface area contributed by atoms with E-state index in [0.29, 0.717) is 12.1 Å². The summed E-state index contributed by atoms with van der Waals surface area (Å²) in [5.41, 5.74) is 4.53. The highest BCUT2D eigenvalue weighted by Gasteiger charge is 2.31. The van der Waals surface area contributed by atoms with Gasteiger partial charge in [0.15, 0.2) is 0 Å². The quantitative estimate of drug-likeness (QED) is 0.633. The number of nitriles is 2. The Bertz CT molecular complexity index is 660. The normalized spacial score (nSPS) is 15.1. The van der Waals surface area contributed by atoms with Crippen LogP contribution in [0.2, 0.25) is 0 Å². The summed E-state index contributed by atoms with van der Waals surface area (Å²) in [4.78, 5) is 11.7. The smallest absolute Gasteiger partial charge is 0.237 e. The minimum atomic E-state index is -0.257. The van der Waals surface area contributed by atoms with E-state index in [1.54, 1.807) is 24.3 Å². The lowest BCUT2D eigenvalue weighted by Crippen LogP contribution is -2.32. The van der Waals surface area contributed by atoms with Gasteiger partial charge in [-0.2, -0.15) is 15.6 Å². The van der Waals surface area contributed by atoms with Crippen LogP contribution in [0.5, 0.6) is 0 Å². The number of carbonyl (C=O) groups excluding carboxylic acids is 1. The van der Waals surface area contributed by atoms with Gasteiger partial charge in [0.2, 0.25) is 11.6 Å². The van der Waals surface area contributed by atoms with Crippen molar-refractivity contribution >= 4 is 23.0 Å². The Balaban J connectivity index is 2.32. The Morgan fingerprint density at radius 1 is 1.40 bits per heavy atom. The molecule has 0 unspecified atom stereocenters. The molecule has 1 heterocycles. The monoisotopic (exact) mass is 267 g/mol. The van der Waals surface area contributed by atoms with E-state index in [0.717, 1.165) is 11.3 Å². The van der Waals surface area contributed by atoms with Gasteiger partial charge in [-0.3, -0.25) is 10.2 Å². The molecule has 0 atom stereocenters. The van der Waals surface area contributed by atoms with E-state index < -0.39 is 0 Å². The van der Waals surface area contributed by atoms with Gasteiger partial charge in [-0.25, -0.2) is 0 Å². The van der Waals surface area contributed by atoms with Gasteiger partial charge in [0.05, 0.1) is 5.69 Å². The second kappa shape index (κ2) is 5.02. The zero-order chi connectivity index (χ0) is 14.8. The first-order valence-corrected chi connectivity index (χ1v) is 6.04. The summed E-state index contributed by atoms with van der Waals surface area (Å²) < 4.78 is 0. The lowest BCUT2D eigenvalue weighted by atomic mass is 9.78. The first-order valence-electron chi connectivity index (χ1n) is 6.04. The molecule has 0 spiro atoms. The van der Waals surface area contributed by atoms with Crippen LogP contribution in [0.25, 0.3) is 0 Å². The number of nitrogens with zero attached hydrogens (tertiary/aromatic N) is 3. The van der Waals surface area contributed by atoms with Crippen molar-refractivity contribution in [2.75, 3.05) is 10.7 Å². The Morgan fingerprint density at radius 3 is 2.75 bits per heavy atom. The van der Waals surface area contributed by atoms with Crippen molar-refractivity contribution in [3.8, 4) is 12.1 Å². The molecule has 20 heavy (non-hydrogen) atoms. The maximum atomic E-state index is 11.7. The number of carbonyl (C=O) groups is 1. The number of amides is 1. The molecular weight excluding hydrogens is 254 g/mol. The van der Waals surface area contributed by atoms with Crippen LogP contribution < -0.4 is 10.7 Å². The molecule has 1 aromatic carbocycles. The average Bonchev–Trinajstić information content (AvgIpc) is 2.38. The average molecular weight is 267 g/mol. The minimum Gasteiger partial charge on any atom is -0.326 e. The number of benzene rings is 1. The Kier molecular flexibility index (Phi) is 3.41. The van der Waals surface area contributed by atoms with Crippen molar-refractivity contribution in [3.05, 3.63) is 23.8 Å². The number of hydrogen-bond donors (Lipinski definition) is 2. The van der Waals surface area contributed by atoms with Crippen molar-refractivity contribution in [2.24, 2.45) is 5.10 Å². The molecule has 1 amide bonds. The Hall–Kier alpha value is -2.86. The second-order valence-corrected chi connectivity index (χ2v) is 5.17. The predicted molar refractivity (Wildman–Crippen MR) is 75.0 cm³/mol. The molecule has 2 N–H and O–H groups in total. The summed E-state index contributed by atoms with van der Waals surface area (Å²) in [6, 6.07) is 8.77. The van der Waals surface area contributed by atoms with E-state index in [1.807, 2.05) is 19.9 Å². The van der Waals surface area contributed by atoms with Gasteiger partial charge in [0.25, 0.3) is 0 Å². The Labute approximate surface area is 116 Å². The molecule has 0 fully saturated rings. The van der Waals surface area contributed by atoms with E-state index in [4.69, 9.17) is 10.5 Å². The number of nitrogens with one attached hydrogen (secondary N) is 2. The molecule has 0 bridgehead atoms. The maximum Gasteiger partial charge on any atom is 0.237 e. The molecule has 6 heteroatoms. The molecule has 1 aromatic rings. The molecule has 0 aliphatic carbocycles. The summed E-state index contributed by atoms with van der Waals surface area (Å²) in [5.74, 6) is -0.0297. The SMILES string of the molecule is CC1(C)CC(=O)Nc2cc(NN=C(C#N)C#N)ccc21. The third-order valence-electron chi connectivity index (χ3n) is 3.13. The largest absolute Gasteiger partial charge is 0.326 e. The fraction of sp³-hybridized carbons (Fsp3) is 0.286. The van der Waals surface area contributed by atoms with Crippen molar-refractivity contribution in [2.45, 2.75) is 25.7 Å². The number of fused-ring (bicyclic) bond motifs is 1. The van der Waals surface area contributed by atoms with Crippen LogP contribution in [0.1, 0.15) is 25.8 Å². The number of anilines is 2. The summed E-state index contributed by atoms with van der Waals surface area (Å²) >= 11 is 0. The van der Waals surface area contributed by atoms with Gasteiger partial charge in [0.1, 0.15) is 12.1 Å². The second-order valence-electron chi connectivity index (χ2n) is 5.17. The van der Waals surface area contributed by atoms with Gasteiger partial charge in [-0.1, -0.05) is 19.9 Å². The third kappa shape index (κ3) is 2.60. The fourth-order valence-corrected chi connectivity index (χ4v) is 2.19. The van der Waals surface area contributed by atoms with E-state index >= 15 is 0 Å². The van der Waals surface area contributed by atoms with Crippen LogP contribution in [-0.2, 0) is 10.2 Å². The van der Waals surface area contributed by atoms with Crippen molar-refractivity contribution in [3.63, 3.8) is 0 Å². The van der Waals surface area contributed by atoms with Crippen LogP contribution in [0.4, 0.5) is 11.4 Å². The van der Waals surface area contributed by atoms with E-state index in [1.165, 1.54) is 0 Å². The van der Waals surface area contributed by atoms with Crippen molar-refractivity contribution in [1.82, 2.24) is 0 Å². The first kappa shape index (κ1) is 13.6. The summed E-state index contributed by atoms with van der Waals surface area (Å²) in [6.45, 7) is 4.03. The highest BCUT2D eigenvalue weighted by Crippen LogP contribution is 2.38. The van der Waals surface area contributed by atoms with E-state index in [-0.39, 0.29) is 17.0 Å². The molecule has 0 aromatic heterocycles. The Morgan fingerprint density at radius 2 is 2.10 bits per heavy atom. The first-order chi connectivity index (χ1) is 9.46. The summed E-state index contributed by atoms with van der Waals surface area (Å²) in [7, 11) is 0. The maximum absolute atomic E-state index is 11.7. The van der Waals surface area contributed by atoms with Crippen LogP contribution in [0.15, 0.2) is 23.3 Å². The molecule has 100 valence electrons. The fourth-order valence-electron chi connectivity index (χ4n) is 2.19. The van der Waals surface area contributed by atoms with E-state index in [2.05, 4.69) is 15.8 Å². The predicted octanol–water partition coefficient (Wildman–Crippen LogP) is 2.12. The molecular formula is C14H13N5O. The highest BCUT2D eigenvalue weighted by atomic mass is 16.1. The lowest BCUT2D eigenvalue weighted by Gasteiger charge is -2.32. The van der Waals surface area contributed by atoms with Gasteiger partial charge < -0.3 is 5.32 Å². The van der Waals surface area contributed by atoms with E-state index in [9.17, 15) is 4.79 Å². The standard InChI is InChI=1S/C14H13N5O/c1-14(2)6-13(20)17-12-5-9(3-4-11(12)14)18-19-10(7-15)8-16/h3-5,18H,6H2,1-2H3,(H,17,20). The number of hydrogen-bond acceptors (Lipinski definition) is 5. The molecule has 6 nitrogen and oxygen atoms in total. The summed E-state index contributed by atoms with van der Waals surface area (Å²) in [6.07, 6.45) is 0.442. The molecule has 2 rings (SSSR count). The van der Waals surface area contributed by atoms with Gasteiger partial charge in [-0.05, 0) is 17.7 Å². The number of hydrazone groups is 1. The summed E-state index contributed by atoms with van der Waals surface area (Å²) in [5, 5.41) is 23.7. The van der Waals surface area contributed by atoms with Crippen molar-refractivity contribution in [1.29, 1.82) is 10.5 Å². The van der Waals surface area contributed by atoms with Crippen molar-refractivity contribution < 1.29 is 4.79 Å². The van der Waals surface area contributed by atoms with Crippen LogP contribution in [0.3, 0.4) is 0 Å². The highest BCUT2D eigenvalue weighted by molar-refractivity contribution is 6.10. The van der Waals surface area contributed by atoms with Crippen LogP contribution >= 0.6 is 0 Å².